The summed E-state index contributed by atoms with van der Waals surface area (Å²) < 4.78 is 0. The van der Waals surface area contributed by atoms with Gasteiger partial charge in [0.25, 0.3) is 0 Å². The topological polar surface area (TPSA) is 26.0 Å². The molecular formula is C15H25NS. The van der Waals surface area contributed by atoms with Gasteiger partial charge < -0.3 is 5.73 Å². The van der Waals surface area contributed by atoms with Crippen molar-refractivity contribution in [1.82, 2.24) is 0 Å². The second kappa shape index (κ2) is 7.65. The molecule has 17 heavy (non-hydrogen) atoms. The van der Waals surface area contributed by atoms with Gasteiger partial charge in [0.05, 0.1) is 0 Å². The normalized spacial score (nSPS) is 12.6. The minimum atomic E-state index is 0.834. The standard InChI is InChI=1S/C15H25NS/c1-4-6-7-13(5-2)11-17-15-9-8-12(3)10-14(15)16/h8-10,13H,4-7,11,16H2,1-3H3. The Bertz CT molecular complexity index is 336. The molecule has 0 heterocycles. The molecule has 1 unspecified atom stereocenters. The average molecular weight is 251 g/mol. The monoisotopic (exact) mass is 251 g/mol. The lowest BCUT2D eigenvalue weighted by Crippen LogP contribution is -2.02. The third kappa shape index (κ3) is 5.03. The van der Waals surface area contributed by atoms with E-state index < -0.39 is 0 Å². The molecular weight excluding hydrogens is 226 g/mol. The van der Waals surface area contributed by atoms with Crippen LogP contribution in [-0.2, 0) is 0 Å². The number of unbranched alkanes of at least 4 members (excludes halogenated alkanes) is 1. The fourth-order valence-corrected chi connectivity index (χ4v) is 3.11. The second-order valence-electron chi connectivity index (χ2n) is 4.77. The number of anilines is 1. The van der Waals surface area contributed by atoms with Crippen molar-refractivity contribution in [2.24, 2.45) is 5.92 Å². The van der Waals surface area contributed by atoms with Crippen LogP contribution in [0.4, 0.5) is 5.69 Å². The molecule has 1 nitrogen and oxygen atoms in total. The molecule has 1 atom stereocenters. The fraction of sp³-hybridized carbons (Fsp3) is 0.600. The lowest BCUT2D eigenvalue weighted by molar-refractivity contribution is 0.499. The highest BCUT2D eigenvalue weighted by Crippen LogP contribution is 2.29. The fourth-order valence-electron chi connectivity index (χ4n) is 1.91. The molecule has 0 aliphatic heterocycles. The van der Waals surface area contributed by atoms with E-state index in [4.69, 9.17) is 5.73 Å². The number of benzene rings is 1. The van der Waals surface area contributed by atoms with Gasteiger partial charge in [0.2, 0.25) is 0 Å². The first kappa shape index (κ1) is 14.4. The third-order valence-electron chi connectivity index (χ3n) is 3.18. The highest BCUT2D eigenvalue weighted by molar-refractivity contribution is 7.99. The summed E-state index contributed by atoms with van der Waals surface area (Å²) >= 11 is 1.91. The molecule has 0 saturated carbocycles. The van der Waals surface area contributed by atoms with E-state index in [2.05, 4.69) is 39.0 Å². The average Bonchev–Trinajstić information content (AvgIpc) is 2.31. The van der Waals surface area contributed by atoms with Crippen LogP contribution in [0.5, 0.6) is 0 Å². The van der Waals surface area contributed by atoms with E-state index >= 15 is 0 Å². The summed E-state index contributed by atoms with van der Waals surface area (Å²) in [5.41, 5.74) is 8.20. The molecule has 0 bridgehead atoms. The van der Waals surface area contributed by atoms with Crippen molar-refractivity contribution in [3.05, 3.63) is 23.8 Å². The van der Waals surface area contributed by atoms with Gasteiger partial charge in [-0.25, -0.2) is 0 Å². The molecule has 1 aromatic carbocycles. The Kier molecular flexibility index (Phi) is 6.49. The van der Waals surface area contributed by atoms with Crippen molar-refractivity contribution in [1.29, 1.82) is 0 Å². The lowest BCUT2D eigenvalue weighted by Gasteiger charge is -2.14. The molecule has 1 rings (SSSR count). The van der Waals surface area contributed by atoms with Crippen LogP contribution in [0.25, 0.3) is 0 Å². The SMILES string of the molecule is CCCCC(CC)CSc1ccc(C)cc1N. The van der Waals surface area contributed by atoms with Gasteiger partial charge in [-0.05, 0) is 37.0 Å². The third-order valence-corrected chi connectivity index (χ3v) is 4.50. The van der Waals surface area contributed by atoms with Crippen molar-refractivity contribution in [2.75, 3.05) is 11.5 Å². The van der Waals surface area contributed by atoms with E-state index in [1.54, 1.807) is 0 Å². The van der Waals surface area contributed by atoms with Gasteiger partial charge in [-0.15, -0.1) is 11.8 Å². The van der Waals surface area contributed by atoms with E-state index in [0.717, 1.165) is 11.6 Å². The number of rotatable bonds is 7. The van der Waals surface area contributed by atoms with Gasteiger partial charge in [-0.3, -0.25) is 0 Å². The van der Waals surface area contributed by atoms with Gasteiger partial charge in [-0.2, -0.15) is 0 Å². The first-order valence-electron chi connectivity index (χ1n) is 6.66. The van der Waals surface area contributed by atoms with Gasteiger partial charge in [0.15, 0.2) is 0 Å². The molecule has 96 valence electrons. The Morgan fingerprint density at radius 1 is 1.29 bits per heavy atom. The Balaban J connectivity index is 2.47. The van der Waals surface area contributed by atoms with Crippen LogP contribution in [0.3, 0.4) is 0 Å². The number of hydrogen-bond donors (Lipinski definition) is 1. The summed E-state index contributed by atoms with van der Waals surface area (Å²) in [4.78, 5) is 1.24. The largest absolute Gasteiger partial charge is 0.398 e. The zero-order valence-electron chi connectivity index (χ0n) is 11.3. The van der Waals surface area contributed by atoms with Crippen LogP contribution >= 0.6 is 11.8 Å². The summed E-state index contributed by atoms with van der Waals surface area (Å²) in [5.74, 6) is 2.03. The minimum Gasteiger partial charge on any atom is -0.398 e. The van der Waals surface area contributed by atoms with Crippen LogP contribution in [0.15, 0.2) is 23.1 Å². The van der Waals surface area contributed by atoms with Crippen molar-refractivity contribution < 1.29 is 0 Å². The van der Waals surface area contributed by atoms with Crippen LogP contribution < -0.4 is 5.73 Å². The summed E-state index contributed by atoms with van der Waals surface area (Å²) in [6, 6.07) is 6.36. The molecule has 0 aliphatic carbocycles. The van der Waals surface area contributed by atoms with Gasteiger partial charge in [0, 0.05) is 16.3 Å². The maximum atomic E-state index is 6.03. The quantitative estimate of drug-likeness (QED) is 0.552. The van der Waals surface area contributed by atoms with Crippen molar-refractivity contribution in [3.8, 4) is 0 Å². The van der Waals surface area contributed by atoms with E-state index in [1.165, 1.54) is 41.9 Å². The van der Waals surface area contributed by atoms with E-state index in [1.807, 2.05) is 11.8 Å². The lowest BCUT2D eigenvalue weighted by atomic mass is 10.0. The molecule has 0 spiro atoms. The maximum Gasteiger partial charge on any atom is 0.0454 e. The zero-order chi connectivity index (χ0) is 12.7. The molecule has 2 heteroatoms. The predicted molar refractivity (Wildman–Crippen MR) is 79.6 cm³/mol. The molecule has 2 N–H and O–H groups in total. The van der Waals surface area contributed by atoms with E-state index in [-0.39, 0.29) is 0 Å². The van der Waals surface area contributed by atoms with Crippen LogP contribution in [0.1, 0.15) is 45.1 Å². The molecule has 0 fully saturated rings. The molecule has 0 saturated heterocycles. The molecule has 0 amide bonds. The van der Waals surface area contributed by atoms with Gasteiger partial charge >= 0.3 is 0 Å². The van der Waals surface area contributed by atoms with E-state index in [0.29, 0.717) is 0 Å². The van der Waals surface area contributed by atoms with Crippen LogP contribution in [0, 0.1) is 12.8 Å². The first-order valence-corrected chi connectivity index (χ1v) is 7.64. The first-order chi connectivity index (χ1) is 8.17. The maximum absolute atomic E-state index is 6.03. The number of nitrogens with two attached hydrogens (primary N) is 1. The second-order valence-corrected chi connectivity index (χ2v) is 5.83. The number of thioether (sulfide) groups is 1. The van der Waals surface area contributed by atoms with Crippen LogP contribution in [0.2, 0.25) is 0 Å². The highest BCUT2D eigenvalue weighted by atomic mass is 32.2. The number of aryl methyl sites for hydroxylation is 1. The van der Waals surface area contributed by atoms with Crippen molar-refractivity contribution >= 4 is 17.4 Å². The summed E-state index contributed by atoms with van der Waals surface area (Å²) in [6.07, 6.45) is 5.28. The highest BCUT2D eigenvalue weighted by Gasteiger charge is 2.08. The van der Waals surface area contributed by atoms with Gasteiger partial charge in [0.1, 0.15) is 0 Å². The molecule has 0 aromatic heterocycles. The molecule has 1 aromatic rings. The van der Waals surface area contributed by atoms with Crippen LogP contribution in [-0.4, -0.2) is 5.75 Å². The predicted octanol–water partition coefficient (Wildman–Crippen LogP) is 4.89. The van der Waals surface area contributed by atoms with Gasteiger partial charge in [-0.1, -0.05) is 39.2 Å². The Labute approximate surface area is 110 Å². The number of hydrogen-bond acceptors (Lipinski definition) is 2. The Morgan fingerprint density at radius 3 is 2.65 bits per heavy atom. The van der Waals surface area contributed by atoms with Crippen molar-refractivity contribution in [2.45, 2.75) is 51.3 Å². The summed E-state index contributed by atoms with van der Waals surface area (Å²) in [6.45, 7) is 6.64. The molecule has 0 aliphatic rings. The zero-order valence-corrected chi connectivity index (χ0v) is 12.1. The summed E-state index contributed by atoms with van der Waals surface area (Å²) in [7, 11) is 0. The smallest absolute Gasteiger partial charge is 0.0454 e. The van der Waals surface area contributed by atoms with E-state index in [9.17, 15) is 0 Å². The Hall–Kier alpha value is -0.630. The summed E-state index contributed by atoms with van der Waals surface area (Å²) in [5, 5.41) is 0. The molecule has 0 radical (unpaired) electrons. The van der Waals surface area contributed by atoms with Crippen molar-refractivity contribution in [3.63, 3.8) is 0 Å². The number of nitrogen functional groups attached to an aromatic ring is 1. The minimum absolute atomic E-state index is 0.834. The Morgan fingerprint density at radius 2 is 2.06 bits per heavy atom.